The van der Waals surface area contributed by atoms with Gasteiger partial charge in [-0.05, 0) is 66.9 Å². The zero-order valence-electron chi connectivity index (χ0n) is 19.4. The molecule has 0 unspecified atom stereocenters. The minimum Gasteiger partial charge on any atom is -0.497 e. The molecule has 0 saturated carbocycles. The lowest BCUT2D eigenvalue weighted by molar-refractivity contribution is 0.0693. The largest absolute Gasteiger partial charge is 0.497 e. The van der Waals surface area contributed by atoms with Crippen molar-refractivity contribution < 1.29 is 22.7 Å². The Bertz CT molecular complexity index is 1150. The van der Waals surface area contributed by atoms with Gasteiger partial charge in [-0.2, -0.15) is 0 Å². The average Bonchev–Trinajstić information content (AvgIpc) is 2.86. The lowest BCUT2D eigenvalue weighted by atomic mass is 10.1. The molecule has 0 spiro atoms. The van der Waals surface area contributed by atoms with Gasteiger partial charge in [-0.15, -0.1) is 0 Å². The van der Waals surface area contributed by atoms with Crippen LogP contribution in [0.25, 0.3) is 0 Å². The average molecular weight is 483 g/mol. The molecule has 180 valence electrons. The van der Waals surface area contributed by atoms with Gasteiger partial charge >= 0.3 is 0 Å². The van der Waals surface area contributed by atoms with Crippen molar-refractivity contribution in [2.45, 2.75) is 17.7 Å². The number of hydrogen-bond donors (Lipinski definition) is 1. The summed E-state index contributed by atoms with van der Waals surface area (Å²) in [6.07, 6.45) is 1.68. The van der Waals surface area contributed by atoms with Crippen molar-refractivity contribution in [1.82, 2.24) is 4.90 Å². The van der Waals surface area contributed by atoms with E-state index in [1.807, 2.05) is 18.2 Å². The number of carbonyl (C=O) groups is 1. The van der Waals surface area contributed by atoms with E-state index in [0.717, 1.165) is 12.8 Å². The number of sulfonamides is 1. The van der Waals surface area contributed by atoms with E-state index in [9.17, 15) is 13.2 Å². The molecule has 7 nitrogen and oxygen atoms in total. The van der Waals surface area contributed by atoms with E-state index in [1.165, 1.54) is 17.7 Å². The number of amides is 1. The minimum atomic E-state index is -3.79. The molecule has 8 heteroatoms. The summed E-state index contributed by atoms with van der Waals surface area (Å²) in [6.45, 7) is 1.47. The van der Waals surface area contributed by atoms with E-state index in [4.69, 9.17) is 9.47 Å². The maximum atomic E-state index is 13.1. The van der Waals surface area contributed by atoms with E-state index in [0.29, 0.717) is 36.7 Å². The molecule has 0 aliphatic heterocycles. The number of ether oxygens (including phenoxy) is 2. The minimum absolute atomic E-state index is 0.0763. The highest BCUT2D eigenvalue weighted by atomic mass is 32.2. The van der Waals surface area contributed by atoms with Gasteiger partial charge < -0.3 is 14.4 Å². The number of rotatable bonds is 12. The topological polar surface area (TPSA) is 84.9 Å². The molecule has 0 aliphatic rings. The zero-order valence-corrected chi connectivity index (χ0v) is 20.3. The summed E-state index contributed by atoms with van der Waals surface area (Å²) in [6, 6.07) is 22.7. The van der Waals surface area contributed by atoms with Gasteiger partial charge in [0.2, 0.25) is 0 Å². The lowest BCUT2D eigenvalue weighted by Gasteiger charge is -2.22. The predicted molar refractivity (Wildman–Crippen MR) is 133 cm³/mol. The van der Waals surface area contributed by atoms with Crippen molar-refractivity contribution >= 4 is 21.6 Å². The highest BCUT2D eigenvalue weighted by molar-refractivity contribution is 7.92. The van der Waals surface area contributed by atoms with Crippen LogP contribution >= 0.6 is 0 Å². The molecule has 34 heavy (non-hydrogen) atoms. The van der Waals surface area contributed by atoms with E-state index in [-0.39, 0.29) is 10.8 Å². The third-order valence-electron chi connectivity index (χ3n) is 5.34. The molecule has 0 aromatic heterocycles. The van der Waals surface area contributed by atoms with Crippen LogP contribution in [0, 0.1) is 0 Å². The maximum absolute atomic E-state index is 13.1. The summed E-state index contributed by atoms with van der Waals surface area (Å²) in [7, 11) is -0.648. The Kier molecular flexibility index (Phi) is 9.07. The van der Waals surface area contributed by atoms with Crippen LogP contribution in [0.5, 0.6) is 5.75 Å². The summed E-state index contributed by atoms with van der Waals surface area (Å²) in [5, 5.41) is 0. The van der Waals surface area contributed by atoms with Gasteiger partial charge in [-0.1, -0.05) is 30.3 Å². The summed E-state index contributed by atoms with van der Waals surface area (Å²) in [4.78, 5) is 14.9. The van der Waals surface area contributed by atoms with Gasteiger partial charge in [0.1, 0.15) is 5.75 Å². The van der Waals surface area contributed by atoms with Crippen molar-refractivity contribution in [2.75, 3.05) is 38.6 Å². The van der Waals surface area contributed by atoms with E-state index in [1.54, 1.807) is 55.5 Å². The van der Waals surface area contributed by atoms with Gasteiger partial charge in [-0.3, -0.25) is 9.52 Å². The maximum Gasteiger partial charge on any atom is 0.261 e. The number of carbonyl (C=O) groups excluding carboxylic acids is 1. The smallest absolute Gasteiger partial charge is 0.261 e. The number of nitrogens with zero attached hydrogens (tertiary/aromatic N) is 1. The van der Waals surface area contributed by atoms with Crippen molar-refractivity contribution in [3.63, 3.8) is 0 Å². The third kappa shape index (κ3) is 7.07. The number of nitrogens with one attached hydrogen (secondary N) is 1. The third-order valence-corrected chi connectivity index (χ3v) is 6.74. The fraction of sp³-hybridized carbons (Fsp3) is 0.269. The van der Waals surface area contributed by atoms with Crippen LogP contribution in [0.2, 0.25) is 0 Å². The highest BCUT2D eigenvalue weighted by Gasteiger charge is 2.18. The first-order valence-corrected chi connectivity index (χ1v) is 12.5. The monoisotopic (exact) mass is 482 g/mol. The molecular formula is C26H30N2O5S. The Hall–Kier alpha value is -3.36. The van der Waals surface area contributed by atoms with Gasteiger partial charge in [-0.25, -0.2) is 8.42 Å². The second-order valence-corrected chi connectivity index (χ2v) is 9.41. The Balaban J connectivity index is 1.66. The molecule has 3 rings (SSSR count). The number of aryl methyl sites for hydroxylation is 1. The van der Waals surface area contributed by atoms with Crippen molar-refractivity contribution in [3.8, 4) is 5.75 Å². The Morgan fingerprint density at radius 2 is 1.56 bits per heavy atom. The molecule has 3 aromatic carbocycles. The lowest BCUT2D eigenvalue weighted by Crippen LogP contribution is -2.35. The zero-order chi connectivity index (χ0) is 24.4. The van der Waals surface area contributed by atoms with Gasteiger partial charge in [0, 0.05) is 31.5 Å². The Morgan fingerprint density at radius 1 is 0.882 bits per heavy atom. The van der Waals surface area contributed by atoms with Crippen LogP contribution in [-0.2, 0) is 21.2 Å². The van der Waals surface area contributed by atoms with Gasteiger partial charge in [0.25, 0.3) is 15.9 Å². The molecular weight excluding hydrogens is 452 g/mol. The molecule has 3 aromatic rings. The summed E-state index contributed by atoms with van der Waals surface area (Å²) in [5.74, 6) is 0.477. The molecule has 0 atom stereocenters. The first-order valence-electron chi connectivity index (χ1n) is 11.0. The van der Waals surface area contributed by atoms with Gasteiger partial charge in [0.05, 0.1) is 18.6 Å². The molecule has 0 radical (unpaired) electrons. The van der Waals surface area contributed by atoms with Gasteiger partial charge in [0.15, 0.2) is 0 Å². The van der Waals surface area contributed by atoms with Crippen molar-refractivity contribution in [2.24, 2.45) is 0 Å². The Labute approximate surface area is 201 Å². The first kappa shape index (κ1) is 25.3. The predicted octanol–water partition coefficient (Wildman–Crippen LogP) is 4.22. The van der Waals surface area contributed by atoms with Crippen LogP contribution in [0.4, 0.5) is 5.69 Å². The summed E-state index contributed by atoms with van der Waals surface area (Å²) >= 11 is 0. The van der Waals surface area contributed by atoms with E-state index >= 15 is 0 Å². The fourth-order valence-corrected chi connectivity index (χ4v) is 4.53. The Morgan fingerprint density at radius 3 is 2.18 bits per heavy atom. The standard InChI is InChI=1S/C26H30N2O5S/c1-32-20-19-28(18-6-9-21-7-4-3-5-8-21)26(29)22-10-16-25(17-11-22)34(30,31)27-23-12-14-24(33-2)15-13-23/h3-5,7-8,10-17,27H,6,9,18-20H2,1-2H3. The SMILES string of the molecule is COCCN(CCCc1ccccc1)C(=O)c1ccc(S(=O)(=O)Nc2ccc(OC)cc2)cc1. The molecule has 0 fully saturated rings. The van der Waals surface area contributed by atoms with E-state index < -0.39 is 10.0 Å². The molecule has 0 heterocycles. The number of anilines is 1. The van der Waals surface area contributed by atoms with Crippen LogP contribution in [0.3, 0.4) is 0 Å². The highest BCUT2D eigenvalue weighted by Crippen LogP contribution is 2.20. The number of hydrogen-bond acceptors (Lipinski definition) is 5. The molecule has 1 N–H and O–H groups in total. The van der Waals surface area contributed by atoms with E-state index in [2.05, 4.69) is 16.9 Å². The quantitative estimate of drug-likeness (QED) is 0.418. The van der Waals surface area contributed by atoms with Crippen molar-refractivity contribution in [1.29, 1.82) is 0 Å². The number of benzene rings is 3. The molecule has 0 bridgehead atoms. The summed E-state index contributed by atoms with van der Waals surface area (Å²) in [5.41, 5.74) is 2.07. The summed E-state index contributed by atoms with van der Waals surface area (Å²) < 4.78 is 38.3. The second kappa shape index (κ2) is 12.2. The van der Waals surface area contributed by atoms with Crippen LogP contribution in [0.1, 0.15) is 22.3 Å². The second-order valence-electron chi connectivity index (χ2n) is 7.73. The van der Waals surface area contributed by atoms with Crippen LogP contribution < -0.4 is 9.46 Å². The molecule has 0 saturated heterocycles. The normalized spacial score (nSPS) is 11.1. The fourth-order valence-electron chi connectivity index (χ4n) is 3.47. The number of methoxy groups -OCH3 is 2. The van der Waals surface area contributed by atoms with Crippen LogP contribution in [-0.4, -0.2) is 53.1 Å². The molecule has 1 amide bonds. The molecule has 0 aliphatic carbocycles. The van der Waals surface area contributed by atoms with Crippen molar-refractivity contribution in [3.05, 3.63) is 90.0 Å². The van der Waals surface area contributed by atoms with Crippen LogP contribution in [0.15, 0.2) is 83.8 Å². The first-order chi connectivity index (χ1) is 16.4.